The average Bonchev–Trinajstić information content (AvgIpc) is 3.52. The lowest BCUT2D eigenvalue weighted by atomic mass is 9.82. The highest BCUT2D eigenvalue weighted by atomic mass is 32.2. The Morgan fingerprint density at radius 1 is 0.651 bits per heavy atom. The number of likely N-dealkylation sites (tertiary alicyclic amines) is 1. The van der Waals surface area contributed by atoms with Gasteiger partial charge in [-0.15, -0.1) is 11.8 Å². The third kappa shape index (κ3) is 26.7. The Balaban J connectivity index is 1.86. The van der Waals surface area contributed by atoms with Crippen molar-refractivity contribution in [1.82, 2.24) is 20.9 Å². The molecular formula is C44H80N4O14S. The summed E-state index contributed by atoms with van der Waals surface area (Å²) in [6.45, 7) is 21.7. The van der Waals surface area contributed by atoms with E-state index in [1.54, 1.807) is 18.7 Å². The summed E-state index contributed by atoms with van der Waals surface area (Å²) in [5.74, 6) is -1.52. The smallest absolute Gasteiger partial charge is 0.243 e. The van der Waals surface area contributed by atoms with E-state index >= 15 is 0 Å². The SMILES string of the molecule is CCC(CC)SC1CC(=O)N(CCC(=O)NCCOCCOCCOCCOCCOCCOCCOCCOCCC(=O)N[C@@H](C(=O)N[C@H](C)C(=O)C(C)(C)CC)C(C)C)C1=O. The molecule has 1 unspecified atom stereocenters. The molecule has 19 heteroatoms. The van der Waals surface area contributed by atoms with Gasteiger partial charge in [0.25, 0.3) is 0 Å². The second-order valence-electron chi connectivity index (χ2n) is 16.0. The van der Waals surface area contributed by atoms with E-state index in [-0.39, 0.29) is 78.9 Å². The Morgan fingerprint density at radius 3 is 1.52 bits per heavy atom. The number of thioether (sulfide) groups is 1. The summed E-state index contributed by atoms with van der Waals surface area (Å²) in [6, 6.07) is -1.41. The Labute approximate surface area is 380 Å². The minimum Gasteiger partial charge on any atom is -0.379 e. The van der Waals surface area contributed by atoms with E-state index < -0.39 is 17.5 Å². The number of carbonyl (C=O) groups excluding carboxylic acids is 6. The zero-order valence-electron chi connectivity index (χ0n) is 39.4. The summed E-state index contributed by atoms with van der Waals surface area (Å²) in [6.07, 6.45) is 2.93. The maximum Gasteiger partial charge on any atom is 0.243 e. The van der Waals surface area contributed by atoms with E-state index in [0.29, 0.717) is 117 Å². The van der Waals surface area contributed by atoms with Crippen LogP contribution in [0.15, 0.2) is 0 Å². The monoisotopic (exact) mass is 921 g/mol. The molecule has 0 spiro atoms. The summed E-state index contributed by atoms with van der Waals surface area (Å²) >= 11 is 1.57. The zero-order valence-corrected chi connectivity index (χ0v) is 40.2. The van der Waals surface area contributed by atoms with Crippen LogP contribution in [0.2, 0.25) is 0 Å². The molecule has 0 radical (unpaired) electrons. The first-order chi connectivity index (χ1) is 30.2. The van der Waals surface area contributed by atoms with Crippen molar-refractivity contribution in [1.29, 1.82) is 0 Å². The van der Waals surface area contributed by atoms with E-state index in [2.05, 4.69) is 29.8 Å². The molecule has 0 aromatic heterocycles. The molecule has 1 aliphatic rings. The number of rotatable bonds is 41. The Morgan fingerprint density at radius 2 is 1.10 bits per heavy atom. The van der Waals surface area contributed by atoms with Gasteiger partial charge in [0.05, 0.1) is 117 Å². The molecule has 0 aromatic carbocycles. The minimum atomic E-state index is -0.757. The van der Waals surface area contributed by atoms with Crippen molar-refractivity contribution in [3.63, 3.8) is 0 Å². The number of hydrogen-bond acceptors (Lipinski definition) is 15. The van der Waals surface area contributed by atoms with Crippen molar-refractivity contribution in [3.8, 4) is 0 Å². The number of amides is 5. The number of hydrogen-bond donors (Lipinski definition) is 3. The molecule has 1 saturated heterocycles. The van der Waals surface area contributed by atoms with Crippen LogP contribution in [0.4, 0.5) is 0 Å². The number of ketones is 1. The molecule has 18 nitrogen and oxygen atoms in total. The predicted molar refractivity (Wildman–Crippen MR) is 239 cm³/mol. The molecule has 0 aromatic rings. The normalized spacial score (nSPS) is 15.3. The molecule has 1 rings (SSSR count). The number of nitrogens with zero attached hydrogens (tertiary/aromatic N) is 1. The van der Waals surface area contributed by atoms with E-state index in [4.69, 9.17) is 37.9 Å². The fourth-order valence-electron chi connectivity index (χ4n) is 5.99. The first kappa shape index (κ1) is 58.3. The highest BCUT2D eigenvalue weighted by Gasteiger charge is 2.39. The standard InChI is InChI=1S/C44H80N4O14S/c1-9-35(10-2)63-36-32-39(51)48(43(36)54)15-12-37(49)45-14-17-56-19-21-58-23-25-60-27-29-62-31-30-61-28-26-59-24-22-57-20-18-55-16-13-38(50)47-40(33(4)5)42(53)46-34(6)41(52)44(7,8)11-3/h33-36,40H,9-32H2,1-8H3,(H,45,49)(H,46,53)(H,47,50)/t34-,36?,40-/m1/s1. The van der Waals surface area contributed by atoms with E-state index in [1.165, 1.54) is 4.90 Å². The lowest BCUT2D eigenvalue weighted by Crippen LogP contribution is -2.54. The van der Waals surface area contributed by atoms with Crippen molar-refractivity contribution < 1.29 is 66.7 Å². The van der Waals surface area contributed by atoms with Crippen LogP contribution in [0.25, 0.3) is 0 Å². The predicted octanol–water partition coefficient (Wildman–Crippen LogP) is 2.72. The molecular weight excluding hydrogens is 841 g/mol. The Hall–Kier alpha value is -2.75. The molecule has 5 amide bonds. The van der Waals surface area contributed by atoms with Gasteiger partial charge in [-0.2, -0.15) is 0 Å². The first-order valence-electron chi connectivity index (χ1n) is 22.7. The summed E-state index contributed by atoms with van der Waals surface area (Å²) in [7, 11) is 0. The molecule has 3 N–H and O–H groups in total. The van der Waals surface area contributed by atoms with Crippen molar-refractivity contribution in [2.75, 3.05) is 119 Å². The summed E-state index contributed by atoms with van der Waals surface area (Å²) < 4.78 is 43.9. The topological polar surface area (TPSA) is 216 Å². The number of nitrogens with one attached hydrogen (secondary N) is 3. The number of carbonyl (C=O) groups is 6. The molecule has 1 aliphatic heterocycles. The van der Waals surface area contributed by atoms with Crippen LogP contribution >= 0.6 is 11.8 Å². The maximum atomic E-state index is 12.8. The van der Waals surface area contributed by atoms with Crippen molar-refractivity contribution in [2.45, 2.75) is 116 Å². The minimum absolute atomic E-state index is 0.0472. The highest BCUT2D eigenvalue weighted by molar-refractivity contribution is 8.01. The fourth-order valence-corrected chi connectivity index (χ4v) is 7.32. The second-order valence-corrected chi connectivity index (χ2v) is 17.5. The lowest BCUT2D eigenvalue weighted by Gasteiger charge is -2.28. The molecule has 0 bridgehead atoms. The van der Waals surface area contributed by atoms with Crippen LogP contribution in [0.1, 0.15) is 93.9 Å². The maximum absolute atomic E-state index is 12.8. The quantitative estimate of drug-likeness (QED) is 0.0594. The molecule has 0 aliphatic carbocycles. The third-order valence-corrected chi connectivity index (χ3v) is 12.0. The van der Waals surface area contributed by atoms with Gasteiger partial charge < -0.3 is 53.8 Å². The van der Waals surface area contributed by atoms with Gasteiger partial charge in [0.15, 0.2) is 5.78 Å². The highest BCUT2D eigenvalue weighted by Crippen LogP contribution is 2.31. The molecule has 63 heavy (non-hydrogen) atoms. The zero-order chi connectivity index (χ0) is 46.9. The van der Waals surface area contributed by atoms with Gasteiger partial charge in [0.2, 0.25) is 29.5 Å². The summed E-state index contributed by atoms with van der Waals surface area (Å²) in [5.41, 5.74) is -0.542. The van der Waals surface area contributed by atoms with Crippen molar-refractivity contribution >= 4 is 47.1 Å². The molecule has 1 fully saturated rings. The fraction of sp³-hybridized carbons (Fsp3) is 0.864. The van der Waals surface area contributed by atoms with Crippen LogP contribution < -0.4 is 16.0 Å². The van der Waals surface area contributed by atoms with Crippen molar-refractivity contribution in [3.05, 3.63) is 0 Å². The Bertz CT molecular complexity index is 1310. The van der Waals surface area contributed by atoms with Gasteiger partial charge in [0.1, 0.15) is 6.04 Å². The van der Waals surface area contributed by atoms with Crippen LogP contribution in [0.5, 0.6) is 0 Å². The summed E-state index contributed by atoms with van der Waals surface area (Å²) in [5, 5.41) is 8.28. The van der Waals surface area contributed by atoms with Crippen LogP contribution in [-0.2, 0) is 66.7 Å². The largest absolute Gasteiger partial charge is 0.379 e. The van der Waals surface area contributed by atoms with Gasteiger partial charge in [-0.3, -0.25) is 33.7 Å². The van der Waals surface area contributed by atoms with Crippen LogP contribution in [0.3, 0.4) is 0 Å². The van der Waals surface area contributed by atoms with Crippen LogP contribution in [-0.4, -0.2) is 182 Å². The van der Waals surface area contributed by atoms with Crippen LogP contribution in [0, 0.1) is 11.3 Å². The first-order valence-corrected chi connectivity index (χ1v) is 23.6. The van der Waals surface area contributed by atoms with E-state index in [9.17, 15) is 28.8 Å². The Kier molecular flexibility index (Phi) is 32.8. The average molecular weight is 921 g/mol. The second kappa shape index (κ2) is 35.5. The molecule has 0 saturated carbocycles. The molecule has 1 heterocycles. The van der Waals surface area contributed by atoms with Gasteiger partial charge in [-0.25, -0.2) is 0 Å². The summed E-state index contributed by atoms with van der Waals surface area (Å²) in [4.78, 5) is 76.3. The molecule has 3 atom stereocenters. The van der Waals surface area contributed by atoms with Gasteiger partial charge in [0, 0.05) is 43.0 Å². The molecule has 366 valence electrons. The van der Waals surface area contributed by atoms with Gasteiger partial charge in [-0.1, -0.05) is 48.5 Å². The number of imide groups is 1. The number of Topliss-reactive ketones (excluding diaryl/α,β-unsaturated/α-hetero) is 1. The third-order valence-electron chi connectivity index (χ3n) is 10.2. The van der Waals surface area contributed by atoms with E-state index in [0.717, 1.165) is 12.8 Å². The number of ether oxygens (including phenoxy) is 8. The van der Waals surface area contributed by atoms with Gasteiger partial charge in [-0.05, 0) is 32.1 Å². The van der Waals surface area contributed by atoms with E-state index in [1.807, 2.05) is 34.6 Å². The van der Waals surface area contributed by atoms with Gasteiger partial charge >= 0.3 is 0 Å². The lowest BCUT2D eigenvalue weighted by molar-refractivity contribution is -0.138. The van der Waals surface area contributed by atoms with Crippen molar-refractivity contribution in [2.24, 2.45) is 11.3 Å².